The van der Waals surface area contributed by atoms with Crippen molar-refractivity contribution in [1.82, 2.24) is 9.62 Å². The second-order valence-electron chi connectivity index (χ2n) is 8.28. The lowest BCUT2D eigenvalue weighted by Gasteiger charge is -2.33. The zero-order chi connectivity index (χ0) is 22.1. The van der Waals surface area contributed by atoms with Gasteiger partial charge < -0.3 is 5.32 Å². The third-order valence-corrected chi connectivity index (χ3v) is 8.29. The number of amides is 1. The number of benzene rings is 1. The number of alkyl halides is 3. The zero-order valence-corrected chi connectivity index (χ0v) is 18.3. The van der Waals surface area contributed by atoms with Gasteiger partial charge in [-0.05, 0) is 62.6 Å². The van der Waals surface area contributed by atoms with Gasteiger partial charge in [-0.1, -0.05) is 18.5 Å². The van der Waals surface area contributed by atoms with Crippen molar-refractivity contribution in [3.63, 3.8) is 0 Å². The number of rotatable bonds is 4. The fourth-order valence-corrected chi connectivity index (χ4v) is 5.83. The maximum Gasteiger partial charge on any atom is 0.417 e. The molecule has 1 aliphatic heterocycles. The summed E-state index contributed by atoms with van der Waals surface area (Å²) in [6.07, 6.45) is 0.0220. The predicted octanol–water partition coefficient (Wildman–Crippen LogP) is 4.45. The molecular weight excluding hydrogens is 441 g/mol. The largest absolute Gasteiger partial charge is 0.417 e. The Morgan fingerprint density at radius 2 is 1.70 bits per heavy atom. The maximum atomic E-state index is 13.1. The molecule has 0 atom stereocenters. The number of hydrogen-bond acceptors (Lipinski definition) is 3. The van der Waals surface area contributed by atoms with Gasteiger partial charge in [0.1, 0.15) is 0 Å². The van der Waals surface area contributed by atoms with E-state index in [4.69, 9.17) is 11.6 Å². The molecule has 1 amide bonds. The van der Waals surface area contributed by atoms with E-state index in [9.17, 15) is 26.4 Å². The SMILES string of the molecule is CC1CCC(NC(=O)C2CCN(S(=O)(=O)c3ccc(Cl)c(C(F)(F)F)c3)CC2)CC1. The fraction of sp³-hybridized carbons (Fsp3) is 0.650. The van der Waals surface area contributed by atoms with Crippen molar-refractivity contribution in [1.29, 1.82) is 0 Å². The molecule has 10 heteroatoms. The van der Waals surface area contributed by atoms with Crippen LogP contribution in [-0.4, -0.2) is 37.8 Å². The molecule has 1 heterocycles. The van der Waals surface area contributed by atoms with Gasteiger partial charge in [-0.2, -0.15) is 17.5 Å². The van der Waals surface area contributed by atoms with Gasteiger partial charge in [0.2, 0.25) is 15.9 Å². The molecule has 0 unspecified atom stereocenters. The summed E-state index contributed by atoms with van der Waals surface area (Å²) in [6.45, 7) is 2.38. The molecule has 30 heavy (non-hydrogen) atoms. The van der Waals surface area contributed by atoms with E-state index in [1.54, 1.807) is 0 Å². The number of nitrogens with zero attached hydrogens (tertiary/aromatic N) is 1. The van der Waals surface area contributed by atoms with E-state index in [-0.39, 0.29) is 31.0 Å². The minimum Gasteiger partial charge on any atom is -0.353 e. The smallest absolute Gasteiger partial charge is 0.353 e. The lowest BCUT2D eigenvalue weighted by molar-refractivity contribution is -0.137. The lowest BCUT2D eigenvalue weighted by atomic mass is 9.87. The number of carbonyl (C=O) groups excluding carboxylic acids is 1. The monoisotopic (exact) mass is 466 g/mol. The minimum atomic E-state index is -4.75. The molecule has 3 rings (SSSR count). The van der Waals surface area contributed by atoms with E-state index in [0.717, 1.165) is 42.1 Å². The topological polar surface area (TPSA) is 66.5 Å². The first kappa shape index (κ1) is 23.3. The highest BCUT2D eigenvalue weighted by Gasteiger charge is 2.37. The van der Waals surface area contributed by atoms with Crippen LogP contribution < -0.4 is 5.32 Å². The van der Waals surface area contributed by atoms with E-state index in [0.29, 0.717) is 24.8 Å². The van der Waals surface area contributed by atoms with Gasteiger partial charge >= 0.3 is 6.18 Å². The Balaban J connectivity index is 1.62. The van der Waals surface area contributed by atoms with E-state index >= 15 is 0 Å². The average Bonchev–Trinajstić information content (AvgIpc) is 2.69. The summed E-state index contributed by atoms with van der Waals surface area (Å²) < 4.78 is 66.0. The summed E-state index contributed by atoms with van der Waals surface area (Å²) in [7, 11) is -4.10. The first-order chi connectivity index (χ1) is 14.0. The highest BCUT2D eigenvalue weighted by atomic mass is 35.5. The van der Waals surface area contributed by atoms with Crippen LogP contribution in [0, 0.1) is 11.8 Å². The normalized spacial score (nSPS) is 24.6. The van der Waals surface area contributed by atoms with Crippen LogP contribution in [0.5, 0.6) is 0 Å². The van der Waals surface area contributed by atoms with Gasteiger partial charge in [0.05, 0.1) is 15.5 Å². The molecule has 0 spiro atoms. The van der Waals surface area contributed by atoms with Gasteiger partial charge in [0, 0.05) is 25.0 Å². The van der Waals surface area contributed by atoms with Crippen molar-refractivity contribution in [2.45, 2.75) is 62.6 Å². The van der Waals surface area contributed by atoms with Gasteiger partial charge in [0.15, 0.2) is 0 Å². The fourth-order valence-electron chi connectivity index (χ4n) is 4.11. The van der Waals surface area contributed by atoms with Gasteiger partial charge in [-0.3, -0.25) is 4.79 Å². The van der Waals surface area contributed by atoms with Crippen LogP contribution in [0.4, 0.5) is 13.2 Å². The highest BCUT2D eigenvalue weighted by molar-refractivity contribution is 7.89. The van der Waals surface area contributed by atoms with Crippen molar-refractivity contribution in [2.75, 3.05) is 13.1 Å². The van der Waals surface area contributed by atoms with Crippen molar-refractivity contribution < 1.29 is 26.4 Å². The van der Waals surface area contributed by atoms with Crippen molar-refractivity contribution in [3.8, 4) is 0 Å². The molecule has 168 valence electrons. The maximum absolute atomic E-state index is 13.1. The Labute approximate surface area is 180 Å². The van der Waals surface area contributed by atoms with E-state index in [1.807, 2.05) is 0 Å². The van der Waals surface area contributed by atoms with Crippen LogP contribution in [0.25, 0.3) is 0 Å². The molecule has 2 fully saturated rings. The minimum absolute atomic E-state index is 0.0579. The second-order valence-corrected chi connectivity index (χ2v) is 10.6. The van der Waals surface area contributed by atoms with Crippen LogP contribution in [0.1, 0.15) is 51.0 Å². The Morgan fingerprint density at radius 3 is 2.27 bits per heavy atom. The number of halogens is 4. The predicted molar refractivity (Wildman–Crippen MR) is 107 cm³/mol. The molecule has 1 aliphatic carbocycles. The average molecular weight is 467 g/mol. The van der Waals surface area contributed by atoms with Crippen LogP contribution in [0.15, 0.2) is 23.1 Å². The Kier molecular flexibility index (Phi) is 7.04. The molecule has 5 nitrogen and oxygen atoms in total. The Hall–Kier alpha value is -1.32. The van der Waals surface area contributed by atoms with Crippen LogP contribution >= 0.6 is 11.6 Å². The number of sulfonamides is 1. The van der Waals surface area contributed by atoms with Crippen molar-refractivity contribution >= 4 is 27.5 Å². The Morgan fingerprint density at radius 1 is 1.10 bits per heavy atom. The first-order valence-electron chi connectivity index (χ1n) is 10.2. The molecule has 1 saturated heterocycles. The van der Waals surface area contributed by atoms with Crippen LogP contribution in [0.2, 0.25) is 5.02 Å². The summed E-state index contributed by atoms with van der Waals surface area (Å²) >= 11 is 5.59. The summed E-state index contributed by atoms with van der Waals surface area (Å²) in [5.74, 6) is 0.335. The molecule has 1 aromatic carbocycles. The molecule has 0 radical (unpaired) electrons. The van der Waals surface area contributed by atoms with Gasteiger partial charge in [0.25, 0.3) is 0 Å². The molecule has 1 aromatic rings. The molecule has 2 aliphatic rings. The number of nitrogens with one attached hydrogen (secondary N) is 1. The summed E-state index contributed by atoms with van der Waals surface area (Å²) in [5, 5.41) is 2.53. The number of piperidine rings is 1. The third-order valence-electron chi connectivity index (χ3n) is 6.07. The van der Waals surface area contributed by atoms with Crippen LogP contribution in [-0.2, 0) is 21.0 Å². The quantitative estimate of drug-likeness (QED) is 0.712. The van der Waals surface area contributed by atoms with Gasteiger partial charge in [-0.25, -0.2) is 8.42 Å². The summed E-state index contributed by atoms with van der Waals surface area (Å²) in [5.41, 5.74) is -1.18. The highest BCUT2D eigenvalue weighted by Crippen LogP contribution is 2.37. The number of hydrogen-bond donors (Lipinski definition) is 1. The molecule has 0 bridgehead atoms. The standard InChI is InChI=1S/C20H26ClF3N2O3S/c1-13-2-4-15(5-3-13)25-19(27)14-8-10-26(11-9-14)30(28,29)16-6-7-18(21)17(12-16)20(22,23)24/h6-7,12-15H,2-5,8-11H2,1H3,(H,25,27). The van der Waals surface area contributed by atoms with Crippen LogP contribution in [0.3, 0.4) is 0 Å². The van der Waals surface area contributed by atoms with E-state index < -0.39 is 31.7 Å². The van der Waals surface area contributed by atoms with E-state index in [2.05, 4.69) is 12.2 Å². The summed E-state index contributed by atoms with van der Waals surface area (Å²) in [4.78, 5) is 12.1. The number of carbonyl (C=O) groups is 1. The molecule has 1 N–H and O–H groups in total. The lowest BCUT2D eigenvalue weighted by Crippen LogP contribution is -2.46. The van der Waals surface area contributed by atoms with Crippen molar-refractivity contribution in [2.24, 2.45) is 11.8 Å². The van der Waals surface area contributed by atoms with E-state index in [1.165, 1.54) is 0 Å². The molecular formula is C20H26ClF3N2O3S. The summed E-state index contributed by atoms with van der Waals surface area (Å²) in [6, 6.07) is 2.77. The third kappa shape index (κ3) is 5.29. The van der Waals surface area contributed by atoms with Gasteiger partial charge in [-0.15, -0.1) is 0 Å². The molecule has 0 aromatic heterocycles. The zero-order valence-electron chi connectivity index (χ0n) is 16.7. The Bertz CT molecular complexity index is 876. The molecule has 1 saturated carbocycles. The second kappa shape index (κ2) is 9.04. The van der Waals surface area contributed by atoms with Crippen molar-refractivity contribution in [3.05, 3.63) is 28.8 Å². The first-order valence-corrected chi connectivity index (χ1v) is 12.0.